The van der Waals surface area contributed by atoms with E-state index in [2.05, 4.69) is 18.7 Å². The lowest BCUT2D eigenvalue weighted by molar-refractivity contribution is -0.125. The predicted molar refractivity (Wildman–Crippen MR) is 75.6 cm³/mol. The van der Waals surface area contributed by atoms with Crippen LogP contribution in [0.1, 0.15) is 51.9 Å². The number of ketones is 1. The Balaban J connectivity index is 1.63. The van der Waals surface area contributed by atoms with Crippen LogP contribution in [0.25, 0.3) is 0 Å². The van der Waals surface area contributed by atoms with Crippen molar-refractivity contribution in [2.45, 2.75) is 62.4 Å². The van der Waals surface area contributed by atoms with Gasteiger partial charge in [-0.1, -0.05) is 19.8 Å². The first kappa shape index (κ1) is 11.8. The SMILES string of the molecule is CC1CC2C(CCC3SC4CCCCC4C32)C1=O. The van der Waals surface area contributed by atoms with Crippen molar-refractivity contribution in [1.82, 2.24) is 0 Å². The minimum Gasteiger partial charge on any atom is -0.299 e. The maximum Gasteiger partial charge on any atom is 0.139 e. The van der Waals surface area contributed by atoms with Gasteiger partial charge in [0, 0.05) is 22.3 Å². The van der Waals surface area contributed by atoms with Gasteiger partial charge in [-0.3, -0.25) is 4.79 Å². The Kier molecular flexibility index (Phi) is 2.80. The van der Waals surface area contributed by atoms with Crippen molar-refractivity contribution < 1.29 is 4.79 Å². The predicted octanol–water partition coefficient (Wildman–Crippen LogP) is 3.91. The van der Waals surface area contributed by atoms with E-state index in [0.29, 0.717) is 17.6 Å². The zero-order valence-electron chi connectivity index (χ0n) is 11.3. The van der Waals surface area contributed by atoms with Crippen molar-refractivity contribution in [1.29, 1.82) is 0 Å². The van der Waals surface area contributed by atoms with Gasteiger partial charge < -0.3 is 0 Å². The molecule has 1 heterocycles. The van der Waals surface area contributed by atoms with E-state index in [1.165, 1.54) is 44.9 Å². The summed E-state index contributed by atoms with van der Waals surface area (Å²) >= 11 is 2.32. The Hall–Kier alpha value is 0.0200. The van der Waals surface area contributed by atoms with Crippen LogP contribution in [-0.2, 0) is 4.79 Å². The molecule has 3 saturated carbocycles. The molecule has 2 heteroatoms. The third kappa shape index (κ3) is 1.57. The topological polar surface area (TPSA) is 17.1 Å². The molecule has 1 aliphatic heterocycles. The van der Waals surface area contributed by atoms with E-state index >= 15 is 0 Å². The fourth-order valence-electron chi connectivity index (χ4n) is 5.57. The smallest absolute Gasteiger partial charge is 0.139 e. The zero-order chi connectivity index (χ0) is 12.3. The van der Waals surface area contributed by atoms with E-state index in [9.17, 15) is 4.79 Å². The van der Waals surface area contributed by atoms with Crippen LogP contribution >= 0.6 is 11.8 Å². The molecule has 7 unspecified atom stereocenters. The summed E-state index contributed by atoms with van der Waals surface area (Å²) in [7, 11) is 0. The van der Waals surface area contributed by atoms with E-state index < -0.39 is 0 Å². The van der Waals surface area contributed by atoms with Gasteiger partial charge in [0.2, 0.25) is 0 Å². The van der Waals surface area contributed by atoms with Crippen molar-refractivity contribution >= 4 is 17.5 Å². The van der Waals surface area contributed by atoms with E-state index in [1.807, 2.05) is 0 Å². The largest absolute Gasteiger partial charge is 0.299 e. The summed E-state index contributed by atoms with van der Waals surface area (Å²) in [6, 6.07) is 0. The Bertz CT molecular complexity index is 366. The van der Waals surface area contributed by atoms with Crippen LogP contribution in [0.3, 0.4) is 0 Å². The maximum atomic E-state index is 12.3. The van der Waals surface area contributed by atoms with Crippen molar-refractivity contribution in [2.24, 2.45) is 29.6 Å². The van der Waals surface area contributed by atoms with E-state index in [1.54, 1.807) is 0 Å². The third-order valence-corrected chi connectivity index (χ3v) is 8.11. The molecule has 0 radical (unpaired) electrons. The van der Waals surface area contributed by atoms with Gasteiger partial charge in [-0.25, -0.2) is 0 Å². The number of rotatable bonds is 0. The van der Waals surface area contributed by atoms with Gasteiger partial charge in [-0.05, 0) is 49.9 Å². The molecule has 3 aliphatic carbocycles. The van der Waals surface area contributed by atoms with Crippen molar-refractivity contribution in [3.63, 3.8) is 0 Å². The number of carbonyl (C=O) groups excluding carboxylic acids is 1. The van der Waals surface area contributed by atoms with Crippen molar-refractivity contribution in [3.8, 4) is 0 Å². The zero-order valence-corrected chi connectivity index (χ0v) is 12.1. The molecule has 4 rings (SSSR count). The molecule has 0 N–H and O–H groups in total. The van der Waals surface area contributed by atoms with Gasteiger partial charge in [0.15, 0.2) is 0 Å². The summed E-state index contributed by atoms with van der Waals surface area (Å²) in [5.74, 6) is 4.09. The summed E-state index contributed by atoms with van der Waals surface area (Å²) in [6.07, 6.45) is 9.59. The molecule has 0 amide bonds. The summed E-state index contributed by atoms with van der Waals surface area (Å²) in [6.45, 7) is 2.18. The van der Waals surface area contributed by atoms with Crippen LogP contribution < -0.4 is 0 Å². The first-order valence-corrected chi connectivity index (χ1v) is 8.89. The molecule has 0 aromatic heterocycles. The van der Waals surface area contributed by atoms with Crippen LogP contribution in [0.5, 0.6) is 0 Å². The fourth-order valence-corrected chi connectivity index (χ4v) is 7.70. The summed E-state index contributed by atoms with van der Waals surface area (Å²) < 4.78 is 0. The molecular weight excluding hydrogens is 240 g/mol. The first-order valence-electron chi connectivity index (χ1n) is 7.95. The molecule has 100 valence electrons. The minimum atomic E-state index is 0.367. The number of hydrogen-bond donors (Lipinski definition) is 0. The van der Waals surface area contributed by atoms with Crippen LogP contribution in [0.15, 0.2) is 0 Å². The van der Waals surface area contributed by atoms with Crippen molar-refractivity contribution in [3.05, 3.63) is 0 Å². The highest BCUT2D eigenvalue weighted by Gasteiger charge is 2.55. The number of Topliss-reactive ketones (excluding diaryl/α,β-unsaturated/α-hetero) is 1. The van der Waals surface area contributed by atoms with Gasteiger partial charge in [0.05, 0.1) is 0 Å². The Labute approximate surface area is 114 Å². The summed E-state index contributed by atoms with van der Waals surface area (Å²) in [4.78, 5) is 12.3. The average molecular weight is 264 g/mol. The molecule has 0 bridgehead atoms. The van der Waals surface area contributed by atoms with Crippen LogP contribution in [0, 0.1) is 29.6 Å². The average Bonchev–Trinajstić information content (AvgIpc) is 2.88. The second-order valence-corrected chi connectivity index (χ2v) is 8.61. The molecule has 0 spiro atoms. The lowest BCUT2D eigenvalue weighted by atomic mass is 9.65. The molecule has 1 saturated heterocycles. The molecule has 0 aromatic carbocycles. The van der Waals surface area contributed by atoms with Crippen LogP contribution in [-0.4, -0.2) is 16.3 Å². The molecule has 1 nitrogen and oxygen atoms in total. The minimum absolute atomic E-state index is 0.367. The maximum absolute atomic E-state index is 12.3. The summed E-state index contributed by atoms with van der Waals surface area (Å²) in [5.41, 5.74) is 0. The first-order chi connectivity index (χ1) is 8.75. The lowest BCUT2D eigenvalue weighted by Crippen LogP contribution is -2.37. The van der Waals surface area contributed by atoms with E-state index in [0.717, 1.165) is 28.3 Å². The highest BCUT2D eigenvalue weighted by molar-refractivity contribution is 8.00. The molecule has 18 heavy (non-hydrogen) atoms. The molecule has 4 aliphatic rings. The molecular formula is C16H24OS. The number of fused-ring (bicyclic) bond motifs is 5. The Morgan fingerprint density at radius 3 is 2.72 bits per heavy atom. The second kappa shape index (κ2) is 4.26. The normalized spacial score (nSPS) is 54.9. The van der Waals surface area contributed by atoms with Gasteiger partial charge in [-0.15, -0.1) is 0 Å². The highest BCUT2D eigenvalue weighted by atomic mass is 32.2. The lowest BCUT2D eigenvalue weighted by Gasteiger charge is -2.39. The van der Waals surface area contributed by atoms with Gasteiger partial charge in [-0.2, -0.15) is 11.8 Å². The van der Waals surface area contributed by atoms with E-state index in [4.69, 9.17) is 0 Å². The quantitative estimate of drug-likeness (QED) is 0.660. The van der Waals surface area contributed by atoms with Gasteiger partial charge in [0.25, 0.3) is 0 Å². The standard InChI is InChI=1S/C16H24OS/c1-9-8-12-10(16(9)17)6-7-14-15(12)11-4-2-3-5-13(11)18-14/h9-15H,2-8H2,1H3. The van der Waals surface area contributed by atoms with Crippen LogP contribution in [0.4, 0.5) is 0 Å². The molecule has 4 fully saturated rings. The van der Waals surface area contributed by atoms with Crippen molar-refractivity contribution in [2.75, 3.05) is 0 Å². The fraction of sp³-hybridized carbons (Fsp3) is 0.938. The molecule has 7 atom stereocenters. The summed E-state index contributed by atoms with van der Waals surface area (Å²) in [5, 5.41) is 1.87. The number of carbonyl (C=O) groups is 1. The Morgan fingerprint density at radius 1 is 1.00 bits per heavy atom. The second-order valence-electron chi connectivity index (χ2n) is 7.13. The van der Waals surface area contributed by atoms with Crippen LogP contribution in [0.2, 0.25) is 0 Å². The Morgan fingerprint density at radius 2 is 1.83 bits per heavy atom. The molecule has 0 aromatic rings. The number of hydrogen-bond acceptors (Lipinski definition) is 2. The number of thioether (sulfide) groups is 1. The van der Waals surface area contributed by atoms with Gasteiger partial charge >= 0.3 is 0 Å². The van der Waals surface area contributed by atoms with E-state index in [-0.39, 0.29) is 0 Å². The highest BCUT2D eigenvalue weighted by Crippen LogP contribution is 2.60. The third-order valence-electron chi connectivity index (χ3n) is 6.28. The van der Waals surface area contributed by atoms with Gasteiger partial charge in [0.1, 0.15) is 5.78 Å². The monoisotopic (exact) mass is 264 g/mol.